The van der Waals surface area contributed by atoms with Crippen LogP contribution >= 0.6 is 27.3 Å². The van der Waals surface area contributed by atoms with Crippen molar-refractivity contribution >= 4 is 27.3 Å². The van der Waals surface area contributed by atoms with Crippen molar-refractivity contribution in [1.82, 2.24) is 4.90 Å². The van der Waals surface area contributed by atoms with E-state index < -0.39 is 0 Å². The van der Waals surface area contributed by atoms with Gasteiger partial charge in [0.25, 0.3) is 0 Å². The van der Waals surface area contributed by atoms with Gasteiger partial charge in [0.1, 0.15) is 0 Å². The molecular formula is C15H19BrN2S. The summed E-state index contributed by atoms with van der Waals surface area (Å²) in [7, 11) is 0. The van der Waals surface area contributed by atoms with E-state index in [1.54, 1.807) is 11.3 Å². The molecule has 0 aliphatic heterocycles. The average Bonchev–Trinajstić information content (AvgIpc) is 2.82. The zero-order valence-electron chi connectivity index (χ0n) is 10.9. The minimum absolute atomic E-state index is 0.749. The van der Waals surface area contributed by atoms with Crippen LogP contribution < -0.4 is 5.73 Å². The van der Waals surface area contributed by atoms with Gasteiger partial charge in [-0.25, -0.2) is 0 Å². The Morgan fingerprint density at radius 2 is 1.95 bits per heavy atom. The first-order valence-electron chi connectivity index (χ1n) is 6.47. The van der Waals surface area contributed by atoms with Crippen LogP contribution in [0.2, 0.25) is 0 Å². The molecule has 0 aliphatic rings. The first-order chi connectivity index (χ1) is 9.28. The van der Waals surface area contributed by atoms with Crippen molar-refractivity contribution in [3.05, 3.63) is 56.7 Å². The quantitative estimate of drug-likeness (QED) is 0.830. The summed E-state index contributed by atoms with van der Waals surface area (Å²) in [6.07, 6.45) is 1.04. The molecule has 102 valence electrons. The highest BCUT2D eigenvalue weighted by Gasteiger charge is 2.08. The number of hydrogen-bond donors (Lipinski definition) is 1. The van der Waals surface area contributed by atoms with Crippen molar-refractivity contribution in [1.29, 1.82) is 0 Å². The molecule has 0 fully saturated rings. The summed E-state index contributed by atoms with van der Waals surface area (Å²) in [6.45, 7) is 3.77. The molecule has 2 aromatic rings. The number of hydrogen-bond acceptors (Lipinski definition) is 3. The number of nitrogens with two attached hydrogens (primary N) is 1. The molecule has 0 amide bonds. The standard InChI is InChI=1S/C15H19BrN2S/c16-14-9-15(19-12-14)11-18(8-4-7-17)10-13-5-2-1-3-6-13/h1-3,5-6,9,12H,4,7-8,10-11,17H2. The Morgan fingerprint density at radius 3 is 2.58 bits per heavy atom. The average molecular weight is 339 g/mol. The largest absolute Gasteiger partial charge is 0.330 e. The van der Waals surface area contributed by atoms with Crippen molar-refractivity contribution in [3.63, 3.8) is 0 Å². The molecule has 2 N–H and O–H groups in total. The number of nitrogens with zero attached hydrogens (tertiary/aromatic N) is 1. The SMILES string of the molecule is NCCCN(Cc1ccccc1)Cc1cc(Br)cs1. The highest BCUT2D eigenvalue weighted by Crippen LogP contribution is 2.22. The second kappa shape index (κ2) is 7.80. The summed E-state index contributed by atoms with van der Waals surface area (Å²) in [4.78, 5) is 3.85. The van der Waals surface area contributed by atoms with Gasteiger partial charge in [0, 0.05) is 34.4 Å². The van der Waals surface area contributed by atoms with Crippen molar-refractivity contribution in [2.24, 2.45) is 5.73 Å². The van der Waals surface area contributed by atoms with Crippen LogP contribution in [0.1, 0.15) is 16.9 Å². The predicted octanol–water partition coefficient (Wildman–Crippen LogP) is 3.86. The molecule has 0 atom stereocenters. The molecule has 19 heavy (non-hydrogen) atoms. The van der Waals surface area contributed by atoms with E-state index in [1.807, 2.05) is 0 Å². The molecule has 1 aromatic heterocycles. The van der Waals surface area contributed by atoms with Gasteiger partial charge in [0.15, 0.2) is 0 Å². The number of rotatable bonds is 7. The molecule has 0 aliphatic carbocycles. The lowest BCUT2D eigenvalue weighted by Gasteiger charge is -2.21. The Kier molecular flexibility index (Phi) is 6.04. The molecule has 4 heteroatoms. The summed E-state index contributed by atoms with van der Waals surface area (Å²) in [5, 5.41) is 2.14. The van der Waals surface area contributed by atoms with Crippen LogP contribution in [0.15, 0.2) is 46.3 Å². The highest BCUT2D eigenvalue weighted by molar-refractivity contribution is 9.10. The van der Waals surface area contributed by atoms with Crippen LogP contribution in [0.3, 0.4) is 0 Å². The van der Waals surface area contributed by atoms with Crippen LogP contribution in [0.5, 0.6) is 0 Å². The maximum Gasteiger partial charge on any atom is 0.0331 e. The van der Waals surface area contributed by atoms with Crippen molar-refractivity contribution < 1.29 is 0 Å². The first-order valence-corrected chi connectivity index (χ1v) is 8.14. The summed E-state index contributed by atoms with van der Waals surface area (Å²) < 4.78 is 1.17. The number of thiophene rings is 1. The fraction of sp³-hybridized carbons (Fsp3) is 0.333. The minimum Gasteiger partial charge on any atom is -0.330 e. The summed E-state index contributed by atoms with van der Waals surface area (Å²) in [5.41, 5.74) is 6.99. The molecule has 0 unspecified atom stereocenters. The molecule has 0 radical (unpaired) electrons. The van der Waals surface area contributed by atoms with Gasteiger partial charge in [-0.3, -0.25) is 4.90 Å². The number of benzene rings is 1. The van der Waals surface area contributed by atoms with Crippen LogP contribution in [0, 0.1) is 0 Å². The van der Waals surface area contributed by atoms with Crippen LogP contribution in [0.25, 0.3) is 0 Å². The monoisotopic (exact) mass is 338 g/mol. The molecule has 0 spiro atoms. The van der Waals surface area contributed by atoms with Gasteiger partial charge in [-0.05, 0) is 40.5 Å². The normalized spacial score (nSPS) is 11.1. The second-order valence-electron chi connectivity index (χ2n) is 4.57. The Hall–Kier alpha value is -0.680. The van der Waals surface area contributed by atoms with E-state index >= 15 is 0 Å². The molecule has 2 rings (SSSR count). The molecule has 0 saturated carbocycles. The smallest absolute Gasteiger partial charge is 0.0331 e. The van der Waals surface area contributed by atoms with E-state index in [2.05, 4.69) is 62.6 Å². The van der Waals surface area contributed by atoms with Gasteiger partial charge in [0.2, 0.25) is 0 Å². The third-order valence-corrected chi connectivity index (χ3v) is 4.61. The van der Waals surface area contributed by atoms with E-state index in [4.69, 9.17) is 5.73 Å². The fourth-order valence-corrected chi connectivity index (χ4v) is 3.52. The third kappa shape index (κ3) is 5.07. The van der Waals surface area contributed by atoms with Crippen molar-refractivity contribution in [2.45, 2.75) is 19.5 Å². The van der Waals surface area contributed by atoms with Crippen molar-refractivity contribution in [2.75, 3.05) is 13.1 Å². The maximum atomic E-state index is 5.64. The molecule has 0 bridgehead atoms. The lowest BCUT2D eigenvalue weighted by Crippen LogP contribution is -2.25. The lowest BCUT2D eigenvalue weighted by molar-refractivity contribution is 0.257. The molecular weight excluding hydrogens is 320 g/mol. The topological polar surface area (TPSA) is 29.3 Å². The number of halogens is 1. The molecule has 1 heterocycles. The zero-order chi connectivity index (χ0) is 13.5. The Bertz CT molecular complexity index is 484. The third-order valence-electron chi connectivity index (χ3n) is 2.93. The van der Waals surface area contributed by atoms with Gasteiger partial charge >= 0.3 is 0 Å². The van der Waals surface area contributed by atoms with E-state index in [-0.39, 0.29) is 0 Å². The van der Waals surface area contributed by atoms with Gasteiger partial charge < -0.3 is 5.73 Å². The fourth-order valence-electron chi connectivity index (χ4n) is 2.03. The summed E-state index contributed by atoms with van der Waals surface area (Å²) >= 11 is 5.32. The highest BCUT2D eigenvalue weighted by atomic mass is 79.9. The van der Waals surface area contributed by atoms with E-state index in [0.29, 0.717) is 0 Å². The van der Waals surface area contributed by atoms with E-state index in [1.165, 1.54) is 14.9 Å². The van der Waals surface area contributed by atoms with E-state index in [9.17, 15) is 0 Å². The molecule has 1 aromatic carbocycles. The molecule has 2 nitrogen and oxygen atoms in total. The predicted molar refractivity (Wildman–Crippen MR) is 86.2 cm³/mol. The lowest BCUT2D eigenvalue weighted by atomic mass is 10.2. The Balaban J connectivity index is 1.99. The van der Waals surface area contributed by atoms with Crippen LogP contribution in [-0.4, -0.2) is 18.0 Å². The van der Waals surface area contributed by atoms with Gasteiger partial charge in [-0.1, -0.05) is 30.3 Å². The summed E-state index contributed by atoms with van der Waals surface area (Å²) in [5.74, 6) is 0. The molecule has 0 saturated heterocycles. The van der Waals surface area contributed by atoms with Crippen LogP contribution in [-0.2, 0) is 13.1 Å². The van der Waals surface area contributed by atoms with Crippen molar-refractivity contribution in [3.8, 4) is 0 Å². The van der Waals surface area contributed by atoms with Crippen LogP contribution in [0.4, 0.5) is 0 Å². The minimum atomic E-state index is 0.749. The van der Waals surface area contributed by atoms with Gasteiger partial charge in [-0.15, -0.1) is 11.3 Å². The van der Waals surface area contributed by atoms with E-state index in [0.717, 1.165) is 32.6 Å². The second-order valence-corrected chi connectivity index (χ2v) is 6.48. The van der Waals surface area contributed by atoms with Gasteiger partial charge in [-0.2, -0.15) is 0 Å². The maximum absolute atomic E-state index is 5.64. The van der Waals surface area contributed by atoms with Gasteiger partial charge in [0.05, 0.1) is 0 Å². The Morgan fingerprint density at radius 1 is 1.16 bits per heavy atom. The zero-order valence-corrected chi connectivity index (χ0v) is 13.3. The summed E-state index contributed by atoms with van der Waals surface area (Å²) in [6, 6.07) is 12.8. The Labute approximate surface area is 127 Å². The first kappa shape index (κ1) is 14.7.